The number of hydrogen-bond donors (Lipinski definition) is 2. The van der Waals surface area contributed by atoms with Gasteiger partial charge < -0.3 is 19.9 Å². The summed E-state index contributed by atoms with van der Waals surface area (Å²) in [7, 11) is 0. The van der Waals surface area contributed by atoms with E-state index in [1.165, 1.54) is 41.4 Å². The summed E-state index contributed by atoms with van der Waals surface area (Å²) in [6, 6.07) is 7.39. The van der Waals surface area contributed by atoms with Crippen molar-refractivity contribution < 1.29 is 5.11 Å². The molecule has 2 heterocycles. The first kappa shape index (κ1) is 29.5. The molecule has 1 aliphatic heterocycles. The lowest BCUT2D eigenvalue weighted by Gasteiger charge is -2.40. The van der Waals surface area contributed by atoms with Gasteiger partial charge in [0.05, 0.1) is 12.1 Å². The summed E-state index contributed by atoms with van der Waals surface area (Å²) in [4.78, 5) is 4.95. The zero-order valence-electron chi connectivity index (χ0n) is 19.7. The van der Waals surface area contributed by atoms with E-state index < -0.39 is 0 Å². The lowest BCUT2D eigenvalue weighted by atomic mass is 9.89. The Bertz CT molecular complexity index is 840. The number of β-amino-alcohol motifs (C(OH)–C–C–N with tert-alkyl or cyclic N) is 1. The van der Waals surface area contributed by atoms with Crippen molar-refractivity contribution in [2.45, 2.75) is 58.7 Å². The summed E-state index contributed by atoms with van der Waals surface area (Å²) < 4.78 is 2.57. The maximum atomic E-state index is 10.7. The van der Waals surface area contributed by atoms with Crippen LogP contribution in [0.2, 0.25) is 0 Å². The minimum absolute atomic E-state index is 0. The first-order valence-electron chi connectivity index (χ1n) is 11.6. The minimum atomic E-state index is -0.310. The first-order valence-corrected chi connectivity index (χ1v) is 11.6. The Labute approximate surface area is 212 Å². The fourth-order valence-corrected chi connectivity index (χ4v) is 5.39. The van der Waals surface area contributed by atoms with Crippen LogP contribution < -0.4 is 5.32 Å². The highest BCUT2D eigenvalue weighted by molar-refractivity contribution is 5.87. The van der Waals surface area contributed by atoms with Crippen LogP contribution in [0.5, 0.6) is 0 Å². The smallest absolute Gasteiger partial charge is 0.0791 e. The van der Waals surface area contributed by atoms with E-state index >= 15 is 0 Å². The van der Waals surface area contributed by atoms with E-state index in [2.05, 4.69) is 58.7 Å². The molecule has 32 heavy (non-hydrogen) atoms. The predicted molar refractivity (Wildman–Crippen MR) is 142 cm³/mol. The van der Waals surface area contributed by atoms with E-state index in [0.717, 1.165) is 45.8 Å². The molecule has 0 saturated carbocycles. The molecule has 0 bridgehead atoms. The van der Waals surface area contributed by atoms with Gasteiger partial charge in [-0.1, -0.05) is 25.5 Å². The van der Waals surface area contributed by atoms with Crippen molar-refractivity contribution in [2.24, 2.45) is 0 Å². The number of likely N-dealkylation sites (N-methyl/N-ethyl adjacent to an activating group) is 1. The quantitative estimate of drug-likeness (QED) is 0.499. The molecule has 2 aliphatic rings. The van der Waals surface area contributed by atoms with Crippen molar-refractivity contribution in [2.75, 3.05) is 45.8 Å². The van der Waals surface area contributed by atoms with E-state index in [-0.39, 0.29) is 43.3 Å². The second-order valence-electron chi connectivity index (χ2n) is 8.82. The molecule has 2 atom stereocenters. The van der Waals surface area contributed by atoms with E-state index in [0.29, 0.717) is 12.6 Å². The maximum Gasteiger partial charge on any atom is 0.0791 e. The lowest BCUT2D eigenvalue weighted by molar-refractivity contribution is 0.0638. The SMILES string of the molecule is CCN(CC)CCNCC(O)CN1CCn2c3c(c4cc(C)ccc42)CCCC31.Cl.Cl.Cl. The molecule has 0 amide bonds. The number of hydrogen-bond acceptors (Lipinski definition) is 4. The van der Waals surface area contributed by atoms with Crippen LogP contribution in [0.3, 0.4) is 0 Å². The summed E-state index contributed by atoms with van der Waals surface area (Å²) in [6.45, 7) is 14.3. The van der Waals surface area contributed by atoms with Gasteiger partial charge in [-0.3, -0.25) is 4.90 Å². The highest BCUT2D eigenvalue weighted by Crippen LogP contribution is 2.42. The van der Waals surface area contributed by atoms with Crippen molar-refractivity contribution >= 4 is 48.1 Å². The zero-order valence-corrected chi connectivity index (χ0v) is 22.1. The third kappa shape index (κ3) is 6.12. The molecule has 2 aromatic rings. The van der Waals surface area contributed by atoms with Crippen LogP contribution in [0, 0.1) is 6.92 Å². The minimum Gasteiger partial charge on any atom is -0.390 e. The molecule has 5 nitrogen and oxygen atoms in total. The van der Waals surface area contributed by atoms with Gasteiger partial charge in [-0.2, -0.15) is 0 Å². The molecular weight excluding hydrogens is 467 g/mol. The Kier molecular flexibility index (Phi) is 12.3. The van der Waals surface area contributed by atoms with Gasteiger partial charge in [0.25, 0.3) is 0 Å². The molecule has 4 rings (SSSR count). The van der Waals surface area contributed by atoms with Crippen LogP contribution in [0.15, 0.2) is 18.2 Å². The van der Waals surface area contributed by atoms with Crippen LogP contribution in [-0.4, -0.2) is 71.4 Å². The number of aryl methyl sites for hydroxylation is 2. The summed E-state index contributed by atoms with van der Waals surface area (Å²) in [6.07, 6.45) is 3.35. The molecule has 2 unspecified atom stereocenters. The Balaban J connectivity index is 0.00000171. The van der Waals surface area contributed by atoms with Gasteiger partial charge in [0, 0.05) is 55.9 Å². The third-order valence-electron chi connectivity index (χ3n) is 6.96. The highest BCUT2D eigenvalue weighted by atomic mass is 35.5. The Morgan fingerprint density at radius 1 is 1.16 bits per heavy atom. The number of fused-ring (bicyclic) bond motifs is 3. The van der Waals surface area contributed by atoms with Crippen LogP contribution in [0.25, 0.3) is 10.9 Å². The summed E-state index contributed by atoms with van der Waals surface area (Å²) in [5.74, 6) is 0. The largest absolute Gasteiger partial charge is 0.390 e. The Hall–Kier alpha value is -0.530. The number of nitrogens with one attached hydrogen (secondary N) is 1. The first-order chi connectivity index (χ1) is 14.1. The predicted octanol–water partition coefficient (Wildman–Crippen LogP) is 4.20. The van der Waals surface area contributed by atoms with Crippen LogP contribution in [-0.2, 0) is 13.0 Å². The summed E-state index contributed by atoms with van der Waals surface area (Å²) in [5, 5.41) is 15.6. The standard InChI is InChI=1S/C24H38N4O.3ClH/c1-4-26(5-2)12-11-25-16-19(29)17-27-13-14-28-22-10-9-18(3)15-21(22)20-7-6-8-23(27)24(20)28;;;/h9-10,15,19,23,25,29H,4-8,11-14,16-17H2,1-3H3;3*1H. The monoisotopic (exact) mass is 506 g/mol. The van der Waals surface area contributed by atoms with Gasteiger partial charge in [-0.05, 0) is 57.0 Å². The topological polar surface area (TPSA) is 43.7 Å². The average molecular weight is 508 g/mol. The highest BCUT2D eigenvalue weighted by Gasteiger charge is 2.35. The second-order valence-corrected chi connectivity index (χ2v) is 8.82. The molecule has 0 spiro atoms. The van der Waals surface area contributed by atoms with Crippen molar-refractivity contribution in [1.29, 1.82) is 0 Å². The van der Waals surface area contributed by atoms with Crippen molar-refractivity contribution in [3.63, 3.8) is 0 Å². The molecule has 1 aromatic heterocycles. The number of benzene rings is 1. The Morgan fingerprint density at radius 3 is 2.62 bits per heavy atom. The number of aromatic nitrogens is 1. The van der Waals surface area contributed by atoms with Crippen LogP contribution >= 0.6 is 37.2 Å². The van der Waals surface area contributed by atoms with Gasteiger partial charge >= 0.3 is 0 Å². The van der Waals surface area contributed by atoms with Crippen LogP contribution in [0.1, 0.15) is 49.6 Å². The fourth-order valence-electron chi connectivity index (χ4n) is 5.39. The second kappa shape index (κ2) is 13.4. The van der Waals surface area contributed by atoms with E-state index in [1.807, 2.05) is 0 Å². The van der Waals surface area contributed by atoms with Crippen molar-refractivity contribution in [1.82, 2.24) is 19.7 Å². The van der Waals surface area contributed by atoms with Gasteiger partial charge in [0.1, 0.15) is 0 Å². The molecule has 8 heteroatoms. The molecule has 0 radical (unpaired) electrons. The van der Waals surface area contributed by atoms with Crippen molar-refractivity contribution in [3.05, 3.63) is 35.0 Å². The molecule has 0 fully saturated rings. The number of rotatable bonds is 9. The van der Waals surface area contributed by atoms with Gasteiger partial charge in [-0.25, -0.2) is 0 Å². The van der Waals surface area contributed by atoms with E-state index in [9.17, 15) is 5.11 Å². The van der Waals surface area contributed by atoms with Crippen LogP contribution in [0.4, 0.5) is 0 Å². The zero-order chi connectivity index (χ0) is 20.4. The molecule has 1 aliphatic carbocycles. The average Bonchev–Trinajstić information content (AvgIpc) is 3.05. The van der Waals surface area contributed by atoms with E-state index in [1.54, 1.807) is 5.56 Å². The molecule has 2 N–H and O–H groups in total. The number of nitrogens with zero attached hydrogens (tertiary/aromatic N) is 3. The number of aliphatic hydroxyl groups is 1. The molecule has 1 aromatic carbocycles. The summed E-state index contributed by atoms with van der Waals surface area (Å²) >= 11 is 0. The lowest BCUT2D eigenvalue weighted by Crippen LogP contribution is -2.46. The Morgan fingerprint density at radius 2 is 1.91 bits per heavy atom. The fraction of sp³-hybridized carbons (Fsp3) is 0.667. The van der Waals surface area contributed by atoms with Gasteiger partial charge in [-0.15, -0.1) is 37.2 Å². The number of halogens is 3. The molecule has 0 saturated heterocycles. The molecular formula is C24H41Cl3N4O. The van der Waals surface area contributed by atoms with Crippen molar-refractivity contribution in [3.8, 4) is 0 Å². The van der Waals surface area contributed by atoms with E-state index in [4.69, 9.17) is 0 Å². The normalized spacial score (nSPS) is 18.5. The third-order valence-corrected chi connectivity index (χ3v) is 6.96. The molecule has 184 valence electrons. The van der Waals surface area contributed by atoms with Gasteiger partial charge in [0.2, 0.25) is 0 Å². The number of aliphatic hydroxyl groups excluding tert-OH is 1. The summed E-state index contributed by atoms with van der Waals surface area (Å²) in [5.41, 5.74) is 5.86. The maximum absolute atomic E-state index is 10.7. The van der Waals surface area contributed by atoms with Gasteiger partial charge in [0.15, 0.2) is 0 Å².